The molecule has 10 heavy (non-hydrogen) atoms. The number of anilines is 1. The molecule has 0 fully saturated rings. The van der Waals surface area contributed by atoms with Gasteiger partial charge in [0, 0.05) is 5.69 Å². The highest BCUT2D eigenvalue weighted by Crippen LogP contribution is 2.17. The molecule has 0 unspecified atom stereocenters. The summed E-state index contributed by atoms with van der Waals surface area (Å²) in [5, 5.41) is 0. The Kier molecular flexibility index (Phi) is 2.39. The Balaban J connectivity index is 2.69. The molecule has 0 bridgehead atoms. The van der Waals surface area contributed by atoms with E-state index in [1.165, 1.54) is 0 Å². The van der Waals surface area contributed by atoms with Crippen LogP contribution < -0.4 is 9.92 Å². The third-order valence-corrected chi connectivity index (χ3v) is 1.26. The van der Waals surface area contributed by atoms with Crippen molar-refractivity contribution in [3.05, 3.63) is 24.3 Å². The SMILES string of the molecule is Nc1ccc(OSF)cc1. The maximum absolute atomic E-state index is 11.4. The van der Waals surface area contributed by atoms with E-state index in [4.69, 9.17) is 5.73 Å². The average molecular weight is 159 g/mol. The molecule has 0 atom stereocenters. The molecule has 4 heteroatoms. The first-order valence-corrected chi connectivity index (χ1v) is 3.28. The van der Waals surface area contributed by atoms with Gasteiger partial charge in [0.2, 0.25) is 0 Å². The summed E-state index contributed by atoms with van der Waals surface area (Å²) in [6, 6.07) is 6.49. The first-order chi connectivity index (χ1) is 4.83. The number of benzene rings is 1. The van der Waals surface area contributed by atoms with Gasteiger partial charge in [0.15, 0.2) is 0 Å². The molecule has 54 valence electrons. The number of nitrogens with two attached hydrogens (primary N) is 1. The summed E-state index contributed by atoms with van der Waals surface area (Å²) in [4.78, 5) is 0. The minimum atomic E-state index is -0.180. The van der Waals surface area contributed by atoms with Crippen LogP contribution in [0.5, 0.6) is 5.75 Å². The molecule has 0 radical (unpaired) electrons. The smallest absolute Gasteiger partial charge is 0.272 e. The van der Waals surface area contributed by atoms with Crippen molar-refractivity contribution >= 4 is 18.1 Å². The summed E-state index contributed by atoms with van der Waals surface area (Å²) >= 11 is -0.180. The van der Waals surface area contributed by atoms with E-state index in [1.54, 1.807) is 24.3 Å². The molecular formula is C6H6FNOS. The summed E-state index contributed by atoms with van der Waals surface area (Å²) in [5.41, 5.74) is 6.00. The van der Waals surface area contributed by atoms with Crippen LogP contribution in [0.4, 0.5) is 9.57 Å². The number of rotatable bonds is 2. The van der Waals surface area contributed by atoms with Crippen LogP contribution in [-0.2, 0) is 0 Å². The summed E-state index contributed by atoms with van der Waals surface area (Å²) in [5.74, 6) is 0.460. The highest BCUT2D eigenvalue weighted by molar-refractivity contribution is 7.89. The second kappa shape index (κ2) is 3.31. The molecule has 0 aliphatic carbocycles. The van der Waals surface area contributed by atoms with E-state index in [9.17, 15) is 3.89 Å². The topological polar surface area (TPSA) is 35.2 Å². The summed E-state index contributed by atoms with van der Waals surface area (Å²) in [6.45, 7) is 0. The molecule has 1 aromatic rings. The molecule has 2 nitrogen and oxygen atoms in total. The van der Waals surface area contributed by atoms with Gasteiger partial charge in [0.1, 0.15) is 5.75 Å². The minimum Gasteiger partial charge on any atom is -0.399 e. The summed E-state index contributed by atoms with van der Waals surface area (Å²) in [7, 11) is 0. The molecule has 0 spiro atoms. The van der Waals surface area contributed by atoms with Gasteiger partial charge in [-0.2, -0.15) is 0 Å². The third kappa shape index (κ3) is 1.80. The summed E-state index contributed by atoms with van der Waals surface area (Å²) < 4.78 is 15.9. The van der Waals surface area contributed by atoms with Crippen LogP contribution in [-0.4, -0.2) is 0 Å². The lowest BCUT2D eigenvalue weighted by molar-refractivity contribution is 0.611. The van der Waals surface area contributed by atoms with Crippen molar-refractivity contribution in [2.45, 2.75) is 0 Å². The van der Waals surface area contributed by atoms with E-state index in [0.29, 0.717) is 11.4 Å². The van der Waals surface area contributed by atoms with Crippen molar-refractivity contribution < 1.29 is 8.07 Å². The molecule has 0 aliphatic heterocycles. The van der Waals surface area contributed by atoms with Gasteiger partial charge in [-0.1, -0.05) is 0 Å². The monoisotopic (exact) mass is 159 g/mol. The van der Waals surface area contributed by atoms with Crippen LogP contribution in [0, 0.1) is 0 Å². The largest absolute Gasteiger partial charge is 0.399 e. The Morgan fingerprint density at radius 1 is 1.30 bits per heavy atom. The fourth-order valence-corrected chi connectivity index (χ4v) is 0.744. The van der Waals surface area contributed by atoms with Crippen molar-refractivity contribution in [1.29, 1.82) is 0 Å². The first-order valence-electron chi connectivity index (χ1n) is 2.64. The predicted molar refractivity (Wildman–Crippen MR) is 40.2 cm³/mol. The lowest BCUT2D eigenvalue weighted by Crippen LogP contribution is -1.83. The highest BCUT2D eigenvalue weighted by Gasteiger charge is 1.91. The minimum absolute atomic E-state index is 0.180. The Hall–Kier alpha value is -0.900. The molecule has 0 aromatic heterocycles. The lowest BCUT2D eigenvalue weighted by Gasteiger charge is -1.96. The molecule has 0 saturated heterocycles. The number of hydrogen-bond acceptors (Lipinski definition) is 3. The Morgan fingerprint density at radius 3 is 2.40 bits per heavy atom. The van der Waals surface area contributed by atoms with Crippen molar-refractivity contribution in [1.82, 2.24) is 0 Å². The van der Waals surface area contributed by atoms with Crippen molar-refractivity contribution in [3.8, 4) is 5.75 Å². The van der Waals surface area contributed by atoms with E-state index in [0.717, 1.165) is 0 Å². The standard InChI is InChI=1S/C6H6FNOS/c7-10-9-6-3-1-5(8)2-4-6/h1-4H,8H2. The van der Waals surface area contributed by atoms with E-state index in [2.05, 4.69) is 4.18 Å². The zero-order valence-electron chi connectivity index (χ0n) is 5.08. The second-order valence-electron chi connectivity index (χ2n) is 1.72. The quantitative estimate of drug-likeness (QED) is 0.530. The van der Waals surface area contributed by atoms with Crippen molar-refractivity contribution in [2.24, 2.45) is 0 Å². The van der Waals surface area contributed by atoms with Gasteiger partial charge < -0.3 is 9.92 Å². The Morgan fingerprint density at radius 2 is 1.90 bits per heavy atom. The molecule has 1 aromatic carbocycles. The lowest BCUT2D eigenvalue weighted by atomic mass is 10.3. The van der Waals surface area contributed by atoms with Gasteiger partial charge in [-0.15, -0.1) is 3.89 Å². The molecular weight excluding hydrogens is 153 g/mol. The van der Waals surface area contributed by atoms with Crippen LogP contribution in [0.3, 0.4) is 0 Å². The van der Waals surface area contributed by atoms with Crippen LogP contribution in [0.1, 0.15) is 0 Å². The predicted octanol–water partition coefficient (Wildman–Crippen LogP) is 2.18. The molecule has 0 amide bonds. The van der Waals surface area contributed by atoms with Gasteiger partial charge in [0.25, 0.3) is 12.4 Å². The van der Waals surface area contributed by atoms with E-state index < -0.39 is 0 Å². The van der Waals surface area contributed by atoms with E-state index in [-0.39, 0.29) is 12.4 Å². The number of nitrogen functional groups attached to an aromatic ring is 1. The van der Waals surface area contributed by atoms with Crippen LogP contribution >= 0.6 is 12.4 Å². The molecule has 0 saturated carbocycles. The van der Waals surface area contributed by atoms with Gasteiger partial charge in [0.05, 0.1) is 0 Å². The van der Waals surface area contributed by atoms with E-state index in [1.807, 2.05) is 0 Å². The van der Waals surface area contributed by atoms with Gasteiger partial charge in [-0.05, 0) is 24.3 Å². The van der Waals surface area contributed by atoms with Gasteiger partial charge >= 0.3 is 0 Å². The van der Waals surface area contributed by atoms with Crippen LogP contribution in [0.15, 0.2) is 24.3 Å². The average Bonchev–Trinajstić information content (AvgIpc) is 1.95. The third-order valence-electron chi connectivity index (χ3n) is 1.01. The maximum atomic E-state index is 11.4. The van der Waals surface area contributed by atoms with Crippen LogP contribution in [0.25, 0.3) is 0 Å². The molecule has 1 rings (SSSR count). The second-order valence-corrected chi connectivity index (χ2v) is 2.01. The number of halogens is 1. The zero-order valence-corrected chi connectivity index (χ0v) is 5.90. The van der Waals surface area contributed by atoms with E-state index >= 15 is 0 Å². The molecule has 2 N–H and O–H groups in total. The Bertz CT molecular complexity index is 201. The molecule has 0 aliphatic rings. The van der Waals surface area contributed by atoms with Crippen molar-refractivity contribution in [2.75, 3.05) is 5.73 Å². The Labute approximate surface area is 62.7 Å². The summed E-state index contributed by atoms with van der Waals surface area (Å²) in [6.07, 6.45) is 0. The highest BCUT2D eigenvalue weighted by atomic mass is 32.2. The normalized spacial score (nSPS) is 9.30. The fourth-order valence-electron chi connectivity index (χ4n) is 0.560. The first kappa shape index (κ1) is 7.21. The van der Waals surface area contributed by atoms with Crippen molar-refractivity contribution in [3.63, 3.8) is 0 Å². The van der Waals surface area contributed by atoms with Gasteiger partial charge in [-0.25, -0.2) is 0 Å². The molecule has 0 heterocycles. The van der Waals surface area contributed by atoms with Gasteiger partial charge in [-0.3, -0.25) is 0 Å². The zero-order chi connectivity index (χ0) is 7.40. The maximum Gasteiger partial charge on any atom is 0.272 e. The number of hydrogen-bond donors (Lipinski definition) is 1. The van der Waals surface area contributed by atoms with Crippen LogP contribution in [0.2, 0.25) is 0 Å². The fraction of sp³-hybridized carbons (Fsp3) is 0.